The van der Waals surface area contributed by atoms with Gasteiger partial charge in [-0.1, -0.05) is 31.9 Å². The van der Waals surface area contributed by atoms with Crippen LogP contribution in [0, 0.1) is 16.0 Å². The molecule has 12 heteroatoms. The highest BCUT2D eigenvalue weighted by atomic mass is 16.6. The number of aryl methyl sites for hydroxylation is 1. The van der Waals surface area contributed by atoms with Gasteiger partial charge in [0.15, 0.2) is 0 Å². The molecule has 1 aromatic heterocycles. The molecule has 3 aromatic rings. The average Bonchev–Trinajstić information content (AvgIpc) is 3.10. The first-order valence-electron chi connectivity index (χ1n) is 17.7. The summed E-state index contributed by atoms with van der Waals surface area (Å²) < 4.78 is 24.0. The lowest BCUT2D eigenvalue weighted by Gasteiger charge is -2.38. The number of carbonyl (C=O) groups excluding carboxylic acids is 2. The summed E-state index contributed by atoms with van der Waals surface area (Å²) in [4.78, 5) is 38.2. The number of likely N-dealkylation sites (tertiary alicyclic amines) is 1. The van der Waals surface area contributed by atoms with E-state index in [-0.39, 0.29) is 30.5 Å². The molecule has 1 saturated carbocycles. The molecule has 1 aliphatic heterocycles. The van der Waals surface area contributed by atoms with E-state index in [2.05, 4.69) is 17.1 Å². The first-order chi connectivity index (χ1) is 24.0. The summed E-state index contributed by atoms with van der Waals surface area (Å²) in [6.45, 7) is 8.20. The van der Waals surface area contributed by atoms with E-state index in [0.717, 1.165) is 54.7 Å². The zero-order chi connectivity index (χ0) is 35.7. The summed E-state index contributed by atoms with van der Waals surface area (Å²) in [7, 11) is 0. The van der Waals surface area contributed by atoms with Gasteiger partial charge in [0.25, 0.3) is 5.69 Å². The number of non-ortho nitro benzene ring substituents is 1. The van der Waals surface area contributed by atoms with E-state index in [0.29, 0.717) is 18.8 Å². The summed E-state index contributed by atoms with van der Waals surface area (Å²) in [5, 5.41) is 20.0. The second kappa shape index (κ2) is 16.8. The molecular weight excluding hydrogens is 640 g/mol. The Kier molecular flexibility index (Phi) is 12.3. The number of esters is 1. The van der Waals surface area contributed by atoms with Gasteiger partial charge in [-0.2, -0.15) is 5.10 Å². The van der Waals surface area contributed by atoms with Gasteiger partial charge in [-0.05, 0) is 89.1 Å². The van der Waals surface area contributed by atoms with Crippen LogP contribution in [0.2, 0.25) is 0 Å². The Balaban J connectivity index is 1.32. The van der Waals surface area contributed by atoms with Crippen LogP contribution in [0.5, 0.6) is 11.6 Å². The van der Waals surface area contributed by atoms with Crippen LogP contribution >= 0.6 is 0 Å². The Morgan fingerprint density at radius 3 is 2.36 bits per heavy atom. The molecule has 2 atom stereocenters. The zero-order valence-corrected chi connectivity index (χ0v) is 29.5. The van der Waals surface area contributed by atoms with Crippen LogP contribution in [-0.2, 0) is 15.9 Å². The van der Waals surface area contributed by atoms with Gasteiger partial charge in [0.05, 0.1) is 28.9 Å². The van der Waals surface area contributed by atoms with Crippen LogP contribution in [0.4, 0.5) is 10.5 Å². The molecule has 12 nitrogen and oxygen atoms in total. The number of rotatable bonds is 12. The van der Waals surface area contributed by atoms with Crippen LogP contribution in [0.25, 0.3) is 11.1 Å². The zero-order valence-electron chi connectivity index (χ0n) is 29.5. The number of hydrogen-bond donors (Lipinski definition) is 0. The lowest BCUT2D eigenvalue weighted by Crippen LogP contribution is -2.50. The van der Waals surface area contributed by atoms with E-state index in [1.165, 1.54) is 43.5 Å². The van der Waals surface area contributed by atoms with Crippen LogP contribution < -0.4 is 9.47 Å². The SMILES string of the molecule is CCCCc1nnc(OC[C@@H]2CN(C(=O)OC(C)(C)C)CC[C@H]2OC(=O)c2ccc([N+](=O)[O-])cc2)cc1-c1ccc(OC2CCCCC2)cc1. The predicted molar refractivity (Wildman–Crippen MR) is 187 cm³/mol. The van der Waals surface area contributed by atoms with Gasteiger partial charge in [-0.15, -0.1) is 5.10 Å². The Morgan fingerprint density at radius 2 is 1.70 bits per heavy atom. The molecular formula is C38H48N4O8. The van der Waals surface area contributed by atoms with E-state index in [4.69, 9.17) is 18.9 Å². The van der Waals surface area contributed by atoms with Gasteiger partial charge >= 0.3 is 12.1 Å². The fourth-order valence-electron chi connectivity index (χ4n) is 6.27. The molecule has 1 amide bonds. The van der Waals surface area contributed by atoms with E-state index in [9.17, 15) is 19.7 Å². The second-order valence-electron chi connectivity index (χ2n) is 14.1. The van der Waals surface area contributed by atoms with Crippen molar-refractivity contribution in [3.63, 3.8) is 0 Å². The maximum atomic E-state index is 13.1. The minimum atomic E-state index is -0.673. The highest BCUT2D eigenvalue weighted by Gasteiger charge is 2.36. The van der Waals surface area contributed by atoms with Gasteiger partial charge < -0.3 is 23.8 Å². The third-order valence-corrected chi connectivity index (χ3v) is 8.97. The molecule has 1 saturated heterocycles. The fourth-order valence-corrected chi connectivity index (χ4v) is 6.27. The number of aromatic nitrogens is 2. The summed E-state index contributed by atoms with van der Waals surface area (Å²) in [5.74, 6) is 0.145. The third-order valence-electron chi connectivity index (χ3n) is 8.97. The Morgan fingerprint density at radius 1 is 0.980 bits per heavy atom. The number of carbonyl (C=O) groups is 2. The molecule has 0 spiro atoms. The van der Waals surface area contributed by atoms with Crippen molar-refractivity contribution in [2.75, 3.05) is 19.7 Å². The van der Waals surface area contributed by atoms with Crippen LogP contribution in [-0.4, -0.2) is 69.6 Å². The molecule has 2 fully saturated rings. The van der Waals surface area contributed by atoms with E-state index in [1.54, 1.807) is 4.90 Å². The number of nitrogens with zero attached hydrogens (tertiary/aromatic N) is 4. The highest BCUT2D eigenvalue weighted by Crippen LogP contribution is 2.31. The lowest BCUT2D eigenvalue weighted by atomic mass is 9.95. The number of piperidine rings is 1. The predicted octanol–water partition coefficient (Wildman–Crippen LogP) is 7.97. The van der Waals surface area contributed by atoms with Crippen molar-refractivity contribution >= 4 is 17.7 Å². The highest BCUT2D eigenvalue weighted by molar-refractivity contribution is 5.89. The van der Waals surface area contributed by atoms with Crippen molar-refractivity contribution in [1.29, 1.82) is 0 Å². The minimum Gasteiger partial charge on any atom is -0.490 e. The van der Waals surface area contributed by atoms with Crippen LogP contribution in [0.3, 0.4) is 0 Å². The lowest BCUT2D eigenvalue weighted by molar-refractivity contribution is -0.384. The maximum absolute atomic E-state index is 13.1. The molecule has 2 aliphatic rings. The van der Waals surface area contributed by atoms with E-state index in [1.807, 2.05) is 51.1 Å². The van der Waals surface area contributed by atoms with E-state index < -0.39 is 34.6 Å². The van der Waals surface area contributed by atoms with Crippen molar-refractivity contribution in [2.24, 2.45) is 5.92 Å². The summed E-state index contributed by atoms with van der Waals surface area (Å²) in [6, 6.07) is 15.3. The largest absolute Gasteiger partial charge is 0.490 e. The number of hydrogen-bond acceptors (Lipinski definition) is 10. The number of nitro groups is 1. The summed E-state index contributed by atoms with van der Waals surface area (Å²) in [5.41, 5.74) is 2.18. The average molecular weight is 689 g/mol. The molecule has 5 rings (SSSR count). The molecule has 2 aromatic carbocycles. The Labute approximate surface area is 293 Å². The molecule has 0 N–H and O–H groups in total. The maximum Gasteiger partial charge on any atom is 0.410 e. The molecule has 268 valence electrons. The first kappa shape index (κ1) is 36.5. The van der Waals surface area contributed by atoms with Gasteiger partial charge in [0.1, 0.15) is 17.5 Å². The van der Waals surface area contributed by atoms with E-state index >= 15 is 0 Å². The fraction of sp³-hybridized carbons (Fsp3) is 0.526. The van der Waals surface area contributed by atoms with Gasteiger partial charge in [-0.25, -0.2) is 9.59 Å². The molecule has 2 heterocycles. The third kappa shape index (κ3) is 10.1. The summed E-state index contributed by atoms with van der Waals surface area (Å²) >= 11 is 0. The van der Waals surface area contributed by atoms with Crippen LogP contribution in [0.15, 0.2) is 54.6 Å². The van der Waals surface area contributed by atoms with Crippen molar-refractivity contribution in [3.8, 4) is 22.8 Å². The minimum absolute atomic E-state index is 0.0914. The van der Waals surface area contributed by atoms with Gasteiger partial charge in [0, 0.05) is 49.2 Å². The molecule has 1 aliphatic carbocycles. The molecule has 50 heavy (non-hydrogen) atoms. The molecule has 0 unspecified atom stereocenters. The van der Waals surface area contributed by atoms with Gasteiger partial charge in [-0.3, -0.25) is 10.1 Å². The standard InChI is InChI=1S/C38H48N4O8/c1-5-6-12-33-32(26-15-19-31(20-16-26)48-30-10-8-7-9-11-30)23-35(40-39-33)47-25-28-24-41(37(44)50-38(2,3)4)22-21-34(28)49-36(43)27-13-17-29(18-14-27)42(45)46/h13-20,23,28,30,34H,5-12,21-22,24-25H2,1-4H3/t28-,34+/m0/s1. The smallest absolute Gasteiger partial charge is 0.410 e. The molecule has 0 bridgehead atoms. The van der Waals surface area contributed by atoms with Gasteiger partial charge in [0.2, 0.25) is 5.88 Å². The Hall–Kier alpha value is -4.74. The number of ether oxygens (including phenoxy) is 4. The van der Waals surface area contributed by atoms with Crippen LogP contribution in [0.1, 0.15) is 95.1 Å². The topological polar surface area (TPSA) is 143 Å². The molecule has 0 radical (unpaired) electrons. The second-order valence-corrected chi connectivity index (χ2v) is 14.1. The van der Waals surface area contributed by atoms with Crippen molar-refractivity contribution < 1.29 is 33.5 Å². The summed E-state index contributed by atoms with van der Waals surface area (Å²) in [6.07, 6.45) is 8.19. The number of unbranched alkanes of at least 4 members (excludes halogenated alkanes) is 1. The monoisotopic (exact) mass is 688 g/mol. The Bertz CT molecular complexity index is 1600. The van der Waals surface area contributed by atoms with Crippen molar-refractivity contribution in [2.45, 2.75) is 103 Å². The number of amides is 1. The quantitative estimate of drug-likeness (QED) is 0.104. The first-order valence-corrected chi connectivity index (χ1v) is 17.7. The number of nitro benzene ring substituents is 1. The van der Waals surface area contributed by atoms with Crippen molar-refractivity contribution in [1.82, 2.24) is 15.1 Å². The van der Waals surface area contributed by atoms with Crippen molar-refractivity contribution in [3.05, 3.63) is 76.0 Å². The normalized spacial score (nSPS) is 18.3. The number of benzene rings is 2.